The Kier molecular flexibility index (Phi) is 6.49. The topological polar surface area (TPSA) is 82.5 Å². The molecule has 1 aromatic rings. The SMILES string of the molecule is CC(C)CN(CC(=O)O)C(=O)NCCc1ccncc1. The van der Waals surface area contributed by atoms with Crippen LogP contribution in [0.1, 0.15) is 19.4 Å². The number of amides is 2. The van der Waals surface area contributed by atoms with Gasteiger partial charge in [0.15, 0.2) is 0 Å². The first kappa shape index (κ1) is 15.9. The van der Waals surface area contributed by atoms with Gasteiger partial charge in [0.25, 0.3) is 0 Å². The molecule has 20 heavy (non-hydrogen) atoms. The molecule has 6 heteroatoms. The Balaban J connectivity index is 2.43. The number of carbonyl (C=O) groups excluding carboxylic acids is 1. The van der Waals surface area contributed by atoms with Gasteiger partial charge in [-0.1, -0.05) is 13.8 Å². The Morgan fingerprint density at radius 2 is 2.00 bits per heavy atom. The fourth-order valence-corrected chi connectivity index (χ4v) is 1.80. The molecule has 2 amide bonds. The molecule has 1 rings (SSSR count). The first-order valence-corrected chi connectivity index (χ1v) is 6.62. The summed E-state index contributed by atoms with van der Waals surface area (Å²) < 4.78 is 0. The Morgan fingerprint density at radius 3 is 2.55 bits per heavy atom. The van der Waals surface area contributed by atoms with Crippen molar-refractivity contribution in [2.75, 3.05) is 19.6 Å². The third-order valence-corrected chi connectivity index (χ3v) is 2.64. The van der Waals surface area contributed by atoms with E-state index in [0.717, 1.165) is 5.56 Å². The van der Waals surface area contributed by atoms with Gasteiger partial charge >= 0.3 is 12.0 Å². The van der Waals surface area contributed by atoms with Gasteiger partial charge in [-0.3, -0.25) is 9.78 Å². The number of carboxylic acids is 1. The van der Waals surface area contributed by atoms with E-state index in [0.29, 0.717) is 19.5 Å². The smallest absolute Gasteiger partial charge is 0.323 e. The van der Waals surface area contributed by atoms with Crippen LogP contribution in [0, 0.1) is 5.92 Å². The van der Waals surface area contributed by atoms with Crippen molar-refractivity contribution in [1.82, 2.24) is 15.2 Å². The largest absolute Gasteiger partial charge is 0.480 e. The molecule has 0 saturated heterocycles. The van der Waals surface area contributed by atoms with Crippen LogP contribution in [0.3, 0.4) is 0 Å². The number of aliphatic carboxylic acids is 1. The summed E-state index contributed by atoms with van der Waals surface area (Å²) in [6.07, 6.45) is 4.09. The highest BCUT2D eigenvalue weighted by molar-refractivity contribution is 5.80. The number of carboxylic acid groups (broad SMARTS) is 1. The zero-order valence-electron chi connectivity index (χ0n) is 11.9. The minimum atomic E-state index is -1.00. The average molecular weight is 279 g/mol. The number of pyridine rings is 1. The van der Waals surface area contributed by atoms with Crippen LogP contribution >= 0.6 is 0 Å². The molecule has 0 aliphatic carbocycles. The first-order chi connectivity index (χ1) is 9.49. The predicted octanol–water partition coefficient (Wildman–Crippen LogP) is 1.38. The number of nitrogens with zero attached hydrogens (tertiary/aromatic N) is 2. The van der Waals surface area contributed by atoms with Gasteiger partial charge in [0.1, 0.15) is 6.54 Å². The van der Waals surface area contributed by atoms with Gasteiger partial charge in [0.2, 0.25) is 0 Å². The van der Waals surface area contributed by atoms with Crippen LogP contribution in [0.5, 0.6) is 0 Å². The maximum atomic E-state index is 11.9. The zero-order valence-corrected chi connectivity index (χ0v) is 11.9. The lowest BCUT2D eigenvalue weighted by atomic mass is 10.2. The first-order valence-electron chi connectivity index (χ1n) is 6.62. The highest BCUT2D eigenvalue weighted by Gasteiger charge is 2.17. The highest BCUT2D eigenvalue weighted by Crippen LogP contribution is 2.00. The van der Waals surface area contributed by atoms with Crippen molar-refractivity contribution < 1.29 is 14.7 Å². The summed E-state index contributed by atoms with van der Waals surface area (Å²) in [4.78, 5) is 27.9. The monoisotopic (exact) mass is 279 g/mol. The summed E-state index contributed by atoms with van der Waals surface area (Å²) >= 11 is 0. The minimum Gasteiger partial charge on any atom is -0.480 e. The van der Waals surface area contributed by atoms with E-state index in [9.17, 15) is 9.59 Å². The number of carbonyl (C=O) groups is 2. The van der Waals surface area contributed by atoms with Crippen molar-refractivity contribution in [1.29, 1.82) is 0 Å². The van der Waals surface area contributed by atoms with Crippen molar-refractivity contribution in [3.63, 3.8) is 0 Å². The molecule has 1 heterocycles. The molecular weight excluding hydrogens is 258 g/mol. The molecule has 0 aromatic carbocycles. The molecule has 0 saturated carbocycles. The lowest BCUT2D eigenvalue weighted by Gasteiger charge is -2.23. The molecule has 2 N–H and O–H groups in total. The number of urea groups is 1. The van der Waals surface area contributed by atoms with Crippen molar-refractivity contribution in [3.8, 4) is 0 Å². The Morgan fingerprint density at radius 1 is 1.35 bits per heavy atom. The van der Waals surface area contributed by atoms with E-state index in [1.54, 1.807) is 12.4 Å². The third-order valence-electron chi connectivity index (χ3n) is 2.64. The molecule has 110 valence electrons. The molecule has 0 aliphatic heterocycles. The molecule has 0 aliphatic rings. The standard InChI is InChI=1S/C14H21N3O3/c1-11(2)9-17(10-13(18)19)14(20)16-8-5-12-3-6-15-7-4-12/h3-4,6-7,11H,5,8-10H2,1-2H3,(H,16,20)(H,18,19). The van der Waals surface area contributed by atoms with Crippen LogP contribution in [0.25, 0.3) is 0 Å². The quantitative estimate of drug-likeness (QED) is 0.790. The Bertz CT molecular complexity index is 435. The molecule has 0 bridgehead atoms. The molecule has 0 spiro atoms. The lowest BCUT2D eigenvalue weighted by Crippen LogP contribution is -2.45. The van der Waals surface area contributed by atoms with Crippen LogP contribution in [0.4, 0.5) is 4.79 Å². The van der Waals surface area contributed by atoms with Gasteiger partial charge in [-0.15, -0.1) is 0 Å². The van der Waals surface area contributed by atoms with Crippen molar-refractivity contribution in [3.05, 3.63) is 30.1 Å². The molecule has 6 nitrogen and oxygen atoms in total. The van der Waals surface area contributed by atoms with E-state index in [2.05, 4.69) is 10.3 Å². The van der Waals surface area contributed by atoms with Gasteiger partial charge in [0, 0.05) is 25.5 Å². The van der Waals surface area contributed by atoms with Crippen LogP contribution in [-0.4, -0.2) is 46.6 Å². The van der Waals surface area contributed by atoms with E-state index >= 15 is 0 Å². The number of nitrogens with one attached hydrogen (secondary N) is 1. The molecule has 0 atom stereocenters. The summed E-state index contributed by atoms with van der Waals surface area (Å²) in [6, 6.07) is 3.43. The predicted molar refractivity (Wildman–Crippen MR) is 75.4 cm³/mol. The summed E-state index contributed by atoms with van der Waals surface area (Å²) in [5, 5.41) is 11.6. The molecule has 0 unspecified atom stereocenters. The molecular formula is C14H21N3O3. The number of aromatic nitrogens is 1. The van der Waals surface area contributed by atoms with E-state index in [-0.39, 0.29) is 18.5 Å². The fourth-order valence-electron chi connectivity index (χ4n) is 1.80. The van der Waals surface area contributed by atoms with Crippen LogP contribution in [0.2, 0.25) is 0 Å². The maximum Gasteiger partial charge on any atom is 0.323 e. The van der Waals surface area contributed by atoms with Gasteiger partial charge in [-0.05, 0) is 30.0 Å². The highest BCUT2D eigenvalue weighted by atomic mass is 16.4. The van der Waals surface area contributed by atoms with Crippen LogP contribution in [0.15, 0.2) is 24.5 Å². The number of hydrogen-bond donors (Lipinski definition) is 2. The average Bonchev–Trinajstić information content (AvgIpc) is 2.38. The second kappa shape index (κ2) is 8.14. The Hall–Kier alpha value is -2.11. The van der Waals surface area contributed by atoms with E-state index in [1.807, 2.05) is 26.0 Å². The van der Waals surface area contributed by atoms with E-state index in [1.165, 1.54) is 4.90 Å². The van der Waals surface area contributed by atoms with E-state index < -0.39 is 5.97 Å². The van der Waals surface area contributed by atoms with Gasteiger partial charge in [-0.25, -0.2) is 4.79 Å². The van der Waals surface area contributed by atoms with Crippen molar-refractivity contribution in [2.24, 2.45) is 5.92 Å². The molecule has 0 radical (unpaired) electrons. The van der Waals surface area contributed by atoms with Crippen LogP contribution in [-0.2, 0) is 11.2 Å². The normalized spacial score (nSPS) is 10.3. The third kappa shape index (κ3) is 6.17. The van der Waals surface area contributed by atoms with Gasteiger partial charge in [-0.2, -0.15) is 0 Å². The number of rotatable bonds is 7. The maximum absolute atomic E-state index is 11.9. The number of hydrogen-bond acceptors (Lipinski definition) is 3. The summed E-state index contributed by atoms with van der Waals surface area (Å²) in [7, 11) is 0. The summed E-state index contributed by atoms with van der Waals surface area (Å²) in [6.45, 7) is 4.50. The molecule has 1 aromatic heterocycles. The minimum absolute atomic E-state index is 0.222. The van der Waals surface area contributed by atoms with Gasteiger partial charge in [0.05, 0.1) is 0 Å². The van der Waals surface area contributed by atoms with E-state index in [4.69, 9.17) is 5.11 Å². The zero-order chi connectivity index (χ0) is 15.0. The lowest BCUT2D eigenvalue weighted by molar-refractivity contribution is -0.137. The summed E-state index contributed by atoms with van der Waals surface area (Å²) in [5.74, 6) is -0.782. The summed E-state index contributed by atoms with van der Waals surface area (Å²) in [5.41, 5.74) is 1.08. The van der Waals surface area contributed by atoms with Gasteiger partial charge < -0.3 is 15.3 Å². The second-order valence-electron chi connectivity index (χ2n) is 5.01. The Labute approximate surface area is 118 Å². The molecule has 0 fully saturated rings. The van der Waals surface area contributed by atoms with Crippen molar-refractivity contribution in [2.45, 2.75) is 20.3 Å². The second-order valence-corrected chi connectivity index (χ2v) is 5.01. The fraction of sp³-hybridized carbons (Fsp3) is 0.500. The van der Waals surface area contributed by atoms with Crippen molar-refractivity contribution >= 4 is 12.0 Å². The van der Waals surface area contributed by atoms with Crippen LogP contribution < -0.4 is 5.32 Å².